The van der Waals surface area contributed by atoms with E-state index >= 15 is 0 Å². The fraction of sp³-hybridized carbons (Fsp3) is 0.167. The smallest absolute Gasteiger partial charge is 0 e. The van der Waals surface area contributed by atoms with Gasteiger partial charge in [-0.2, -0.15) is 0 Å². The van der Waals surface area contributed by atoms with E-state index in [1.165, 1.54) is 0 Å². The molecule has 0 bridgehead atoms. The van der Waals surface area contributed by atoms with E-state index in [9.17, 15) is 4.79 Å². The minimum atomic E-state index is 0. The van der Waals surface area contributed by atoms with Crippen LogP contribution in [0.15, 0.2) is 12.3 Å². The van der Waals surface area contributed by atoms with Gasteiger partial charge in [-0.15, -0.1) is 12.5 Å². The van der Waals surface area contributed by atoms with Crippen LogP contribution in [0.4, 0.5) is 0 Å². The number of nitrogens with zero attached hydrogens (tertiary/aromatic N) is 2. The SMILES string of the molecule is O=[C-]Cc1n[c-]ccn1.[W].[Y]. The Morgan fingerprint density at radius 3 is 2.82 bits per heavy atom. The maximum absolute atomic E-state index is 9.76. The molecule has 1 rings (SSSR count). The van der Waals surface area contributed by atoms with E-state index < -0.39 is 0 Å². The predicted molar refractivity (Wildman–Crippen MR) is 30.3 cm³/mol. The summed E-state index contributed by atoms with van der Waals surface area (Å²) in [6.07, 6.45) is 5.93. The average Bonchev–Trinajstić information content (AvgIpc) is 1.91. The number of aromatic nitrogens is 2. The van der Waals surface area contributed by atoms with Crippen molar-refractivity contribution < 1.29 is 58.6 Å². The van der Waals surface area contributed by atoms with Gasteiger partial charge in [0.1, 0.15) is 0 Å². The summed E-state index contributed by atoms with van der Waals surface area (Å²) in [4.78, 5) is 17.2. The van der Waals surface area contributed by atoms with E-state index in [4.69, 9.17) is 0 Å². The minimum absolute atomic E-state index is 0. The number of carbonyl (C=O) groups excluding carboxylic acids is 1. The van der Waals surface area contributed by atoms with Crippen molar-refractivity contribution in [3.8, 4) is 0 Å². The maximum Gasteiger partial charge on any atom is 0 e. The Morgan fingerprint density at radius 2 is 2.36 bits per heavy atom. The first-order chi connectivity index (χ1) is 4.43. The second kappa shape index (κ2) is 8.64. The van der Waals surface area contributed by atoms with Crippen molar-refractivity contribution in [2.75, 3.05) is 0 Å². The molecule has 1 radical (unpaired) electrons. The molecule has 0 atom stereocenters. The van der Waals surface area contributed by atoms with Gasteiger partial charge in [-0.1, -0.05) is 12.4 Å². The van der Waals surface area contributed by atoms with Crippen molar-refractivity contribution >= 4 is 6.29 Å². The summed E-state index contributed by atoms with van der Waals surface area (Å²) in [5.74, 6) is 0.465. The van der Waals surface area contributed by atoms with E-state index in [0.717, 1.165) is 0 Å². The van der Waals surface area contributed by atoms with Gasteiger partial charge in [0.2, 0.25) is 0 Å². The topological polar surface area (TPSA) is 42.9 Å². The van der Waals surface area contributed by atoms with E-state index in [-0.39, 0.29) is 60.2 Å². The molecule has 0 aliphatic heterocycles. The number of hydrogen-bond donors (Lipinski definition) is 0. The van der Waals surface area contributed by atoms with Gasteiger partial charge in [0.25, 0.3) is 0 Å². The summed E-state index contributed by atoms with van der Waals surface area (Å²) in [6, 6.07) is 1.58. The third-order valence-electron chi connectivity index (χ3n) is 0.797. The molecule has 55 valence electrons. The summed E-state index contributed by atoms with van der Waals surface area (Å²) in [7, 11) is 0. The van der Waals surface area contributed by atoms with Gasteiger partial charge in [0.05, 0.1) is 0 Å². The van der Waals surface area contributed by atoms with Crippen LogP contribution < -0.4 is 0 Å². The number of hydrogen-bond acceptors (Lipinski definition) is 3. The second-order valence-corrected chi connectivity index (χ2v) is 1.42. The van der Waals surface area contributed by atoms with Crippen LogP contribution in [0.25, 0.3) is 0 Å². The zero-order valence-electron chi connectivity index (χ0n) is 5.65. The molecule has 1 aromatic rings. The van der Waals surface area contributed by atoms with Crippen molar-refractivity contribution in [2.45, 2.75) is 6.42 Å². The Bertz CT molecular complexity index is 195. The molecule has 1 aromatic heterocycles. The van der Waals surface area contributed by atoms with Crippen LogP contribution >= 0.6 is 0 Å². The molecule has 0 saturated carbocycles. The van der Waals surface area contributed by atoms with Crippen LogP contribution in [0.5, 0.6) is 0 Å². The van der Waals surface area contributed by atoms with Crippen molar-refractivity contribution in [2.24, 2.45) is 0 Å². The maximum atomic E-state index is 9.76. The Morgan fingerprint density at radius 1 is 1.64 bits per heavy atom. The third-order valence-corrected chi connectivity index (χ3v) is 0.797. The first-order valence-corrected chi connectivity index (χ1v) is 2.46. The molecule has 0 amide bonds. The summed E-state index contributed by atoms with van der Waals surface area (Å²) >= 11 is 0. The summed E-state index contributed by atoms with van der Waals surface area (Å²) < 4.78 is 0. The van der Waals surface area contributed by atoms with E-state index in [1.54, 1.807) is 18.5 Å². The molecule has 1 heterocycles. The van der Waals surface area contributed by atoms with E-state index in [0.29, 0.717) is 5.82 Å². The van der Waals surface area contributed by atoms with Gasteiger partial charge in [0, 0.05) is 53.8 Å². The van der Waals surface area contributed by atoms with Crippen LogP contribution in [0.3, 0.4) is 0 Å². The molecule has 0 aliphatic carbocycles. The van der Waals surface area contributed by atoms with Crippen LogP contribution in [0.2, 0.25) is 0 Å². The van der Waals surface area contributed by atoms with Gasteiger partial charge in [0.15, 0.2) is 0 Å². The molecule has 3 nitrogen and oxygen atoms in total. The molecular formula is C6H4N2OWY-2. The summed E-state index contributed by atoms with van der Waals surface area (Å²) in [5.41, 5.74) is 0. The van der Waals surface area contributed by atoms with E-state index in [2.05, 4.69) is 16.2 Å². The molecule has 0 aliphatic rings. The minimum Gasteiger partial charge on any atom is -0.542 e. The largest absolute Gasteiger partial charge is 0.542 e. The Kier molecular flexibility index (Phi) is 11.1. The third kappa shape index (κ3) is 5.77. The predicted octanol–water partition coefficient (Wildman–Crippen LogP) is -0.0760. The molecule has 0 fully saturated rings. The zero-order valence-corrected chi connectivity index (χ0v) is 11.4. The Hall–Kier alpha value is 0.542. The van der Waals surface area contributed by atoms with Gasteiger partial charge < -0.3 is 14.8 Å². The summed E-state index contributed by atoms with van der Waals surface area (Å²) in [5, 5.41) is 0. The molecule has 5 heteroatoms. The molecule has 0 N–H and O–H groups in total. The first kappa shape index (κ1) is 14.1. The molecule has 0 unspecified atom stereocenters. The first-order valence-electron chi connectivity index (χ1n) is 2.46. The van der Waals surface area contributed by atoms with Gasteiger partial charge >= 0.3 is 0 Å². The molecule has 0 aromatic carbocycles. The average molecular weight is 393 g/mol. The number of rotatable bonds is 2. The van der Waals surface area contributed by atoms with Crippen LogP contribution in [0.1, 0.15) is 5.82 Å². The fourth-order valence-corrected chi connectivity index (χ4v) is 0.447. The summed E-state index contributed by atoms with van der Waals surface area (Å²) in [6.45, 7) is 0. The van der Waals surface area contributed by atoms with Crippen molar-refractivity contribution in [1.82, 2.24) is 9.97 Å². The van der Waals surface area contributed by atoms with Crippen molar-refractivity contribution in [3.05, 3.63) is 24.3 Å². The van der Waals surface area contributed by atoms with Crippen LogP contribution in [-0.4, -0.2) is 16.3 Å². The van der Waals surface area contributed by atoms with Crippen molar-refractivity contribution in [3.63, 3.8) is 0 Å². The zero-order chi connectivity index (χ0) is 6.53. The second-order valence-electron chi connectivity index (χ2n) is 1.42. The van der Waals surface area contributed by atoms with Gasteiger partial charge in [-0.05, 0) is 5.82 Å². The Labute approximate surface area is 105 Å². The normalized spacial score (nSPS) is 7.27. The standard InChI is InChI=1S/C6H4N2O.W.Y/c9-5-2-6-7-3-1-4-8-6;;/h1,3H,2H2;;/q-2;;. The monoisotopic (exact) mass is 393 g/mol. The molecule has 0 saturated heterocycles. The van der Waals surface area contributed by atoms with Gasteiger partial charge in [-0.25, -0.2) is 0 Å². The van der Waals surface area contributed by atoms with Crippen LogP contribution in [-0.2, 0) is 65.0 Å². The quantitative estimate of drug-likeness (QED) is 0.661. The van der Waals surface area contributed by atoms with Crippen molar-refractivity contribution in [1.29, 1.82) is 0 Å². The van der Waals surface area contributed by atoms with Crippen LogP contribution in [0, 0.1) is 6.20 Å². The molecule has 0 spiro atoms. The molecular weight excluding hydrogens is 389 g/mol. The van der Waals surface area contributed by atoms with E-state index in [1.807, 2.05) is 0 Å². The molecule has 11 heavy (non-hydrogen) atoms. The Balaban J connectivity index is 0. The fourth-order valence-electron chi connectivity index (χ4n) is 0.447. The van der Waals surface area contributed by atoms with Gasteiger partial charge in [-0.3, -0.25) is 6.29 Å².